The molecule has 28 heavy (non-hydrogen) atoms. The Hall–Kier alpha value is -2.35. The average Bonchev–Trinajstić information content (AvgIpc) is 3.31. The van der Waals surface area contributed by atoms with Gasteiger partial charge in [0, 0.05) is 62.4 Å². The molecule has 1 unspecified atom stereocenters. The van der Waals surface area contributed by atoms with Crippen LogP contribution >= 0.6 is 15.9 Å². The first-order valence-corrected chi connectivity index (χ1v) is 10.3. The van der Waals surface area contributed by atoms with Crippen molar-refractivity contribution in [3.63, 3.8) is 0 Å². The van der Waals surface area contributed by atoms with E-state index in [1.54, 1.807) is 7.05 Å². The fraction of sp³-hybridized carbons (Fsp3) is 0.450. The molecule has 1 amide bonds. The topological polar surface area (TPSA) is 74.6 Å². The van der Waals surface area contributed by atoms with Crippen molar-refractivity contribution in [3.8, 4) is 0 Å². The number of aryl methyl sites for hydroxylation is 2. The van der Waals surface area contributed by atoms with Gasteiger partial charge >= 0.3 is 0 Å². The molecule has 0 aliphatic carbocycles. The molecule has 2 heterocycles. The maximum atomic E-state index is 12.3. The van der Waals surface area contributed by atoms with Crippen LogP contribution in [0.4, 0.5) is 5.69 Å². The highest BCUT2D eigenvalue weighted by Crippen LogP contribution is 2.26. The SMILES string of the molecule is CN=C(NCCC(=O)Nc1cc(Br)ccc1C)N1CCC(c2cnn(C)c2)C1. The molecule has 1 saturated heterocycles. The first-order valence-electron chi connectivity index (χ1n) is 9.46. The zero-order valence-corrected chi connectivity index (χ0v) is 18.2. The van der Waals surface area contributed by atoms with Crippen molar-refractivity contribution >= 4 is 33.5 Å². The lowest BCUT2D eigenvalue weighted by atomic mass is 10.0. The van der Waals surface area contributed by atoms with E-state index in [-0.39, 0.29) is 5.91 Å². The van der Waals surface area contributed by atoms with Crippen LogP contribution in [0.15, 0.2) is 40.1 Å². The summed E-state index contributed by atoms with van der Waals surface area (Å²) in [6, 6.07) is 5.86. The Labute approximate surface area is 174 Å². The molecule has 2 aromatic rings. The van der Waals surface area contributed by atoms with E-state index >= 15 is 0 Å². The number of guanidine groups is 1. The van der Waals surface area contributed by atoms with Crippen molar-refractivity contribution < 1.29 is 4.79 Å². The van der Waals surface area contributed by atoms with Crippen LogP contribution in [-0.4, -0.2) is 53.2 Å². The summed E-state index contributed by atoms with van der Waals surface area (Å²) in [7, 11) is 3.72. The van der Waals surface area contributed by atoms with Gasteiger partial charge < -0.3 is 15.5 Å². The molecule has 0 spiro atoms. The van der Waals surface area contributed by atoms with E-state index in [9.17, 15) is 4.79 Å². The lowest BCUT2D eigenvalue weighted by Crippen LogP contribution is -2.41. The summed E-state index contributed by atoms with van der Waals surface area (Å²) in [5, 5.41) is 10.6. The molecule has 1 aromatic heterocycles. The quantitative estimate of drug-likeness (QED) is 0.546. The standard InChI is InChI=1S/C20H27BrN6O/c1-14-4-5-17(21)10-18(14)25-19(28)6-8-23-20(22-2)27-9-7-15(13-27)16-11-24-26(3)12-16/h4-5,10-12,15H,6-9,13H2,1-3H3,(H,22,23)(H,25,28). The molecule has 8 heteroatoms. The number of aromatic nitrogens is 2. The highest BCUT2D eigenvalue weighted by atomic mass is 79.9. The Morgan fingerprint density at radius 2 is 2.25 bits per heavy atom. The van der Waals surface area contributed by atoms with Gasteiger partial charge in [0.25, 0.3) is 0 Å². The molecule has 1 fully saturated rings. The van der Waals surface area contributed by atoms with Crippen LogP contribution in [0.2, 0.25) is 0 Å². The Morgan fingerprint density at radius 3 is 2.96 bits per heavy atom. The number of amides is 1. The number of hydrogen-bond acceptors (Lipinski definition) is 3. The maximum absolute atomic E-state index is 12.3. The number of aliphatic imine (C=N–C) groups is 1. The van der Waals surface area contributed by atoms with Crippen LogP contribution in [0.1, 0.15) is 29.9 Å². The van der Waals surface area contributed by atoms with Crippen LogP contribution in [0.3, 0.4) is 0 Å². The van der Waals surface area contributed by atoms with Crippen molar-refractivity contribution in [1.82, 2.24) is 20.0 Å². The minimum Gasteiger partial charge on any atom is -0.356 e. The van der Waals surface area contributed by atoms with E-state index in [1.807, 2.05) is 43.0 Å². The molecule has 0 radical (unpaired) electrons. The molecule has 3 rings (SSSR count). The molecule has 1 atom stereocenters. The number of likely N-dealkylation sites (tertiary alicyclic amines) is 1. The lowest BCUT2D eigenvalue weighted by Gasteiger charge is -2.21. The number of rotatable bonds is 5. The number of hydrogen-bond donors (Lipinski definition) is 2. The first kappa shape index (κ1) is 20.4. The Bertz CT molecular complexity index is 862. The minimum absolute atomic E-state index is 0.0150. The second-order valence-electron chi connectivity index (χ2n) is 7.11. The maximum Gasteiger partial charge on any atom is 0.226 e. The normalized spacial score (nSPS) is 17.1. The summed E-state index contributed by atoms with van der Waals surface area (Å²) in [5.41, 5.74) is 3.14. The van der Waals surface area contributed by atoms with Crippen molar-refractivity contribution in [1.29, 1.82) is 0 Å². The van der Waals surface area contributed by atoms with Gasteiger partial charge in [-0.2, -0.15) is 5.10 Å². The molecular formula is C20H27BrN6O. The third-order valence-electron chi connectivity index (χ3n) is 5.00. The van der Waals surface area contributed by atoms with Crippen LogP contribution in [0.25, 0.3) is 0 Å². The zero-order valence-electron chi connectivity index (χ0n) is 16.6. The molecule has 150 valence electrons. The first-order chi connectivity index (χ1) is 13.5. The number of nitrogens with zero attached hydrogens (tertiary/aromatic N) is 4. The van der Waals surface area contributed by atoms with E-state index in [0.717, 1.165) is 41.2 Å². The summed E-state index contributed by atoms with van der Waals surface area (Å²) in [5.74, 6) is 1.30. The van der Waals surface area contributed by atoms with Gasteiger partial charge in [-0.1, -0.05) is 22.0 Å². The molecule has 0 bridgehead atoms. The van der Waals surface area contributed by atoms with Gasteiger partial charge in [-0.15, -0.1) is 0 Å². The second kappa shape index (κ2) is 9.23. The second-order valence-corrected chi connectivity index (χ2v) is 8.03. The summed E-state index contributed by atoms with van der Waals surface area (Å²) >= 11 is 3.44. The lowest BCUT2D eigenvalue weighted by molar-refractivity contribution is -0.116. The van der Waals surface area contributed by atoms with E-state index in [0.29, 0.717) is 18.9 Å². The van der Waals surface area contributed by atoms with Crippen LogP contribution in [-0.2, 0) is 11.8 Å². The number of halogens is 1. The Kier molecular flexibility index (Phi) is 6.72. The molecule has 0 saturated carbocycles. The van der Waals surface area contributed by atoms with Gasteiger partial charge in [-0.3, -0.25) is 14.5 Å². The van der Waals surface area contributed by atoms with E-state index in [2.05, 4.69) is 47.8 Å². The Morgan fingerprint density at radius 1 is 1.43 bits per heavy atom. The third-order valence-corrected chi connectivity index (χ3v) is 5.50. The van der Waals surface area contributed by atoms with E-state index < -0.39 is 0 Å². The zero-order chi connectivity index (χ0) is 20.1. The number of carbonyl (C=O) groups excluding carboxylic acids is 1. The van der Waals surface area contributed by atoms with E-state index in [1.165, 1.54) is 5.56 Å². The summed E-state index contributed by atoms with van der Waals surface area (Å²) in [6.45, 7) is 4.38. The highest BCUT2D eigenvalue weighted by Gasteiger charge is 2.26. The number of benzene rings is 1. The number of carbonyl (C=O) groups is 1. The number of anilines is 1. The average molecular weight is 447 g/mol. The van der Waals surface area contributed by atoms with E-state index in [4.69, 9.17) is 0 Å². The van der Waals surface area contributed by atoms with Crippen molar-refractivity contribution in [2.24, 2.45) is 12.0 Å². The highest BCUT2D eigenvalue weighted by molar-refractivity contribution is 9.10. The van der Waals surface area contributed by atoms with Gasteiger partial charge in [0.1, 0.15) is 0 Å². The van der Waals surface area contributed by atoms with Crippen LogP contribution in [0.5, 0.6) is 0 Å². The summed E-state index contributed by atoms with van der Waals surface area (Å²) in [4.78, 5) is 18.9. The predicted molar refractivity (Wildman–Crippen MR) is 116 cm³/mol. The number of nitrogens with one attached hydrogen (secondary N) is 2. The largest absolute Gasteiger partial charge is 0.356 e. The van der Waals surface area contributed by atoms with Gasteiger partial charge in [-0.25, -0.2) is 0 Å². The molecule has 1 aromatic carbocycles. The third kappa shape index (κ3) is 5.13. The van der Waals surface area contributed by atoms with Crippen LogP contribution in [0, 0.1) is 6.92 Å². The summed E-state index contributed by atoms with van der Waals surface area (Å²) in [6.07, 6.45) is 5.48. The Balaban J connectivity index is 1.47. The van der Waals surface area contributed by atoms with Crippen molar-refractivity contribution in [3.05, 3.63) is 46.2 Å². The monoisotopic (exact) mass is 446 g/mol. The molecule has 7 nitrogen and oxygen atoms in total. The smallest absolute Gasteiger partial charge is 0.226 e. The van der Waals surface area contributed by atoms with Gasteiger partial charge in [-0.05, 0) is 36.6 Å². The fourth-order valence-electron chi connectivity index (χ4n) is 3.44. The predicted octanol–water partition coefficient (Wildman–Crippen LogP) is 2.88. The molecule has 1 aliphatic rings. The van der Waals surface area contributed by atoms with Gasteiger partial charge in [0.15, 0.2) is 5.96 Å². The van der Waals surface area contributed by atoms with Crippen molar-refractivity contribution in [2.45, 2.75) is 25.7 Å². The van der Waals surface area contributed by atoms with Crippen molar-refractivity contribution in [2.75, 3.05) is 32.0 Å². The van der Waals surface area contributed by atoms with Gasteiger partial charge in [0.05, 0.1) is 6.20 Å². The fourth-order valence-corrected chi connectivity index (χ4v) is 3.80. The minimum atomic E-state index is -0.0150. The molecule has 1 aliphatic heterocycles. The molecule has 2 N–H and O–H groups in total. The van der Waals surface area contributed by atoms with Crippen LogP contribution < -0.4 is 10.6 Å². The van der Waals surface area contributed by atoms with Gasteiger partial charge in [0.2, 0.25) is 5.91 Å². The summed E-state index contributed by atoms with van der Waals surface area (Å²) < 4.78 is 2.79. The molecular weight excluding hydrogens is 420 g/mol.